The minimum absolute atomic E-state index is 0.340. The maximum absolute atomic E-state index is 11.9. The van der Waals surface area contributed by atoms with Crippen LogP contribution in [-0.4, -0.2) is 49.6 Å². The molecule has 0 saturated carbocycles. The Balaban J connectivity index is 1.49. The van der Waals surface area contributed by atoms with Crippen LogP contribution in [0.2, 0.25) is 0 Å². The zero-order valence-electron chi connectivity index (χ0n) is 17.6. The number of aromatic nitrogens is 7. The summed E-state index contributed by atoms with van der Waals surface area (Å²) in [5.74, 6) is 0. The summed E-state index contributed by atoms with van der Waals surface area (Å²) in [5.41, 5.74) is 5.73. The van der Waals surface area contributed by atoms with E-state index >= 15 is 0 Å². The number of H-pyrrole nitrogens is 2. The van der Waals surface area contributed by atoms with Gasteiger partial charge in [0.1, 0.15) is 15.6 Å². The van der Waals surface area contributed by atoms with Crippen LogP contribution in [0.25, 0.3) is 55.0 Å². The van der Waals surface area contributed by atoms with Crippen LogP contribution in [0.1, 0.15) is 0 Å². The predicted octanol–water partition coefficient (Wildman–Crippen LogP) is 4.03. The lowest BCUT2D eigenvalue weighted by atomic mass is 10.1. The quantitative estimate of drug-likeness (QED) is 0.397. The molecule has 0 aliphatic rings. The molecule has 6 heterocycles. The van der Waals surface area contributed by atoms with E-state index in [1.165, 1.54) is 17.6 Å². The fraction of sp³-hybridized carbons (Fsp3) is 0.0909. The smallest absolute Gasteiger partial charge is 0.184 e. The van der Waals surface area contributed by atoms with Crippen molar-refractivity contribution in [2.75, 3.05) is 6.26 Å². The molecule has 2 N–H and O–H groups in total. The second kappa shape index (κ2) is 7.09. The summed E-state index contributed by atoms with van der Waals surface area (Å²) >= 11 is 1.25. The number of hydrogen-bond donors (Lipinski definition) is 2. The van der Waals surface area contributed by atoms with Crippen molar-refractivity contribution in [3.05, 3.63) is 55.1 Å². The van der Waals surface area contributed by atoms with E-state index in [2.05, 4.69) is 30.2 Å². The SMILES string of the molecule is Cn1cc(-c2cc3c(-c4cc5c(-c6ccc(S(C)(=O)=O)s6)ccnc5[nH]4)n[nH]c3cn2)cn1. The second-order valence-electron chi connectivity index (χ2n) is 7.78. The van der Waals surface area contributed by atoms with Gasteiger partial charge >= 0.3 is 0 Å². The molecule has 0 radical (unpaired) electrons. The van der Waals surface area contributed by atoms with Gasteiger partial charge in [0.25, 0.3) is 0 Å². The van der Waals surface area contributed by atoms with Crippen LogP contribution in [0, 0.1) is 0 Å². The van der Waals surface area contributed by atoms with Crippen molar-refractivity contribution in [3.63, 3.8) is 0 Å². The summed E-state index contributed by atoms with van der Waals surface area (Å²) in [6.45, 7) is 0. The average Bonchev–Trinajstić information content (AvgIpc) is 3.56. The van der Waals surface area contributed by atoms with Gasteiger partial charge in [-0.2, -0.15) is 10.2 Å². The van der Waals surface area contributed by atoms with Crippen molar-refractivity contribution in [1.29, 1.82) is 0 Å². The lowest BCUT2D eigenvalue weighted by molar-refractivity contribution is 0.604. The highest BCUT2D eigenvalue weighted by Gasteiger charge is 2.17. The molecule has 0 aliphatic carbocycles. The van der Waals surface area contributed by atoms with Gasteiger partial charge in [-0.15, -0.1) is 11.3 Å². The largest absolute Gasteiger partial charge is 0.338 e. The van der Waals surface area contributed by atoms with Crippen LogP contribution >= 0.6 is 11.3 Å². The van der Waals surface area contributed by atoms with Crippen molar-refractivity contribution in [2.45, 2.75) is 4.21 Å². The van der Waals surface area contributed by atoms with Crippen molar-refractivity contribution in [1.82, 2.24) is 34.9 Å². The molecule has 0 saturated heterocycles. The normalized spacial score (nSPS) is 12.2. The standard InChI is InChI=1S/C22H17N7O2S2/c1-29-11-12(9-25-29)16-8-15-18(10-24-16)27-28-21(15)17-7-14-13(5-6-23-22(14)26-17)19-3-4-20(32-19)33(2,30)31/h3-11H,1-2H3,(H,23,26)(H,27,28). The summed E-state index contributed by atoms with van der Waals surface area (Å²) in [6, 6.07) is 9.35. The molecule has 0 atom stereocenters. The zero-order valence-corrected chi connectivity index (χ0v) is 19.2. The van der Waals surface area contributed by atoms with Crippen LogP contribution < -0.4 is 0 Å². The third kappa shape index (κ3) is 3.33. The summed E-state index contributed by atoms with van der Waals surface area (Å²) in [4.78, 5) is 13.2. The maximum atomic E-state index is 11.9. The van der Waals surface area contributed by atoms with E-state index in [1.54, 1.807) is 29.3 Å². The van der Waals surface area contributed by atoms with Crippen LogP contribution in [0.5, 0.6) is 0 Å². The lowest BCUT2D eigenvalue weighted by Gasteiger charge is -1.98. The molecule has 164 valence electrons. The third-order valence-electron chi connectivity index (χ3n) is 5.45. The fourth-order valence-electron chi connectivity index (χ4n) is 3.87. The van der Waals surface area contributed by atoms with E-state index in [-0.39, 0.29) is 0 Å². The molecule has 0 amide bonds. The molecule has 33 heavy (non-hydrogen) atoms. The maximum Gasteiger partial charge on any atom is 0.184 e. The molecule has 0 aliphatic heterocycles. The third-order valence-corrected chi connectivity index (χ3v) is 8.39. The molecular formula is C22H17N7O2S2. The minimum Gasteiger partial charge on any atom is -0.338 e. The van der Waals surface area contributed by atoms with Crippen molar-refractivity contribution in [2.24, 2.45) is 7.05 Å². The predicted molar refractivity (Wildman–Crippen MR) is 128 cm³/mol. The van der Waals surface area contributed by atoms with E-state index in [1.807, 2.05) is 37.5 Å². The topological polar surface area (TPSA) is 122 Å². The molecule has 11 heteroatoms. The van der Waals surface area contributed by atoms with E-state index < -0.39 is 9.84 Å². The molecular weight excluding hydrogens is 458 g/mol. The number of nitrogens with one attached hydrogen (secondary N) is 2. The van der Waals surface area contributed by atoms with Crippen LogP contribution in [0.4, 0.5) is 0 Å². The summed E-state index contributed by atoms with van der Waals surface area (Å²) < 4.78 is 25.9. The van der Waals surface area contributed by atoms with Crippen LogP contribution in [-0.2, 0) is 16.9 Å². The Hall–Kier alpha value is -3.83. The molecule has 6 rings (SSSR count). The minimum atomic E-state index is -3.25. The second-order valence-corrected chi connectivity index (χ2v) is 11.1. The van der Waals surface area contributed by atoms with Gasteiger partial charge in [-0.1, -0.05) is 0 Å². The van der Waals surface area contributed by atoms with Crippen molar-refractivity contribution >= 4 is 43.1 Å². The van der Waals surface area contributed by atoms with Crippen LogP contribution in [0.15, 0.2) is 59.3 Å². The average molecular weight is 476 g/mol. The first-order chi connectivity index (χ1) is 15.9. The number of rotatable bonds is 4. The molecule has 0 unspecified atom stereocenters. The van der Waals surface area contributed by atoms with Gasteiger partial charge in [0.2, 0.25) is 0 Å². The Morgan fingerprint density at radius 2 is 1.94 bits per heavy atom. The molecule has 0 aromatic carbocycles. The number of nitrogens with zero attached hydrogens (tertiary/aromatic N) is 5. The fourth-order valence-corrected chi connectivity index (χ4v) is 5.83. The highest BCUT2D eigenvalue weighted by Crippen LogP contribution is 2.37. The van der Waals surface area contributed by atoms with Crippen molar-refractivity contribution < 1.29 is 8.42 Å². The highest BCUT2D eigenvalue weighted by molar-refractivity contribution is 7.92. The first kappa shape index (κ1) is 19.8. The summed E-state index contributed by atoms with van der Waals surface area (Å²) in [7, 11) is -1.39. The number of sulfone groups is 1. The van der Waals surface area contributed by atoms with Gasteiger partial charge in [-0.05, 0) is 30.3 Å². The Morgan fingerprint density at radius 3 is 2.70 bits per heavy atom. The molecule has 6 aromatic heterocycles. The molecule has 0 spiro atoms. The van der Waals surface area contributed by atoms with E-state index in [0.29, 0.717) is 9.86 Å². The number of aromatic amines is 2. The Bertz CT molecular complexity index is 1770. The number of fused-ring (bicyclic) bond motifs is 2. The monoisotopic (exact) mass is 475 g/mol. The Labute approximate surface area is 192 Å². The molecule has 0 fully saturated rings. The van der Waals surface area contributed by atoms with Crippen molar-refractivity contribution in [3.8, 4) is 33.1 Å². The van der Waals surface area contributed by atoms with E-state index in [0.717, 1.165) is 49.4 Å². The first-order valence-corrected chi connectivity index (χ1v) is 12.7. The van der Waals surface area contributed by atoms with Gasteiger partial charge in [0.15, 0.2) is 9.84 Å². The van der Waals surface area contributed by atoms with Crippen LogP contribution in [0.3, 0.4) is 0 Å². The summed E-state index contributed by atoms with van der Waals surface area (Å²) in [5, 5.41) is 13.6. The van der Waals surface area contributed by atoms with Gasteiger partial charge in [-0.25, -0.2) is 13.4 Å². The number of thiophene rings is 1. The van der Waals surface area contributed by atoms with Gasteiger partial charge in [-0.3, -0.25) is 14.8 Å². The summed E-state index contributed by atoms with van der Waals surface area (Å²) in [6.07, 6.45) is 8.39. The Kier molecular flexibility index (Phi) is 4.26. The Morgan fingerprint density at radius 1 is 1.06 bits per heavy atom. The lowest BCUT2D eigenvalue weighted by Crippen LogP contribution is -1.91. The highest BCUT2D eigenvalue weighted by atomic mass is 32.2. The molecule has 6 aromatic rings. The van der Waals surface area contributed by atoms with Gasteiger partial charge in [0.05, 0.1) is 29.3 Å². The number of hydrogen-bond acceptors (Lipinski definition) is 7. The molecule has 0 bridgehead atoms. The zero-order chi connectivity index (χ0) is 22.7. The number of pyridine rings is 2. The van der Waals surface area contributed by atoms with Gasteiger partial charge in [0, 0.05) is 52.5 Å². The first-order valence-electron chi connectivity index (χ1n) is 9.98. The molecule has 9 nitrogen and oxygen atoms in total. The van der Waals surface area contributed by atoms with Gasteiger partial charge < -0.3 is 4.98 Å². The number of aryl methyl sites for hydroxylation is 1. The van der Waals surface area contributed by atoms with E-state index in [4.69, 9.17) is 0 Å². The van der Waals surface area contributed by atoms with E-state index in [9.17, 15) is 8.42 Å².